The zero-order valence-electron chi connectivity index (χ0n) is 15.4. The molecule has 4 heterocycles. The molecule has 8 heteroatoms. The molecular weight excluding hydrogens is 344 g/mol. The molecular formula is C19H22N6O2. The second-order valence-corrected chi connectivity index (χ2v) is 7.47. The van der Waals surface area contributed by atoms with E-state index in [2.05, 4.69) is 25.0 Å². The third-order valence-electron chi connectivity index (χ3n) is 5.59. The highest BCUT2D eigenvalue weighted by Crippen LogP contribution is 2.38. The molecule has 5 rings (SSSR count). The Bertz CT molecular complexity index is 1070. The summed E-state index contributed by atoms with van der Waals surface area (Å²) in [6.45, 7) is 3.00. The number of hydrogen-bond donors (Lipinski definition) is 1. The molecule has 140 valence electrons. The Labute approximate surface area is 156 Å². The zero-order chi connectivity index (χ0) is 18.5. The summed E-state index contributed by atoms with van der Waals surface area (Å²) in [5.74, 6) is 1.25. The van der Waals surface area contributed by atoms with E-state index in [-0.39, 0.29) is 17.6 Å². The van der Waals surface area contributed by atoms with Crippen molar-refractivity contribution in [1.82, 2.24) is 24.3 Å². The van der Waals surface area contributed by atoms with Gasteiger partial charge in [0.2, 0.25) is 0 Å². The lowest BCUT2D eigenvalue weighted by Crippen LogP contribution is -2.37. The van der Waals surface area contributed by atoms with Crippen molar-refractivity contribution in [2.45, 2.75) is 37.8 Å². The van der Waals surface area contributed by atoms with E-state index >= 15 is 0 Å². The number of aromatic nitrogens is 5. The van der Waals surface area contributed by atoms with Gasteiger partial charge in [-0.25, -0.2) is 14.6 Å². The highest BCUT2D eigenvalue weighted by molar-refractivity contribution is 5.87. The molecule has 27 heavy (non-hydrogen) atoms. The van der Waals surface area contributed by atoms with Crippen LogP contribution in [0.4, 0.5) is 5.82 Å². The summed E-state index contributed by atoms with van der Waals surface area (Å²) < 4.78 is 9.36. The number of ether oxygens (including phenoxy) is 1. The summed E-state index contributed by atoms with van der Waals surface area (Å²) in [7, 11) is 2.00. The molecule has 1 N–H and O–H groups in total. The number of nitrogens with zero attached hydrogens (tertiary/aromatic N) is 5. The SMILES string of the molecule is Cc1cc2ncnc(NC3COCC3n3nc(C4CC4)ccc3=O)c2n1C. The number of nitrogens with one attached hydrogen (secondary N) is 1. The lowest BCUT2D eigenvalue weighted by molar-refractivity contribution is 0.182. The number of fused-ring (bicyclic) bond motifs is 1. The minimum absolute atomic E-state index is 0.0852. The van der Waals surface area contributed by atoms with E-state index in [0.717, 1.165) is 41.1 Å². The number of anilines is 1. The minimum Gasteiger partial charge on any atom is -0.377 e. The molecule has 1 saturated carbocycles. The topological polar surface area (TPSA) is 86.9 Å². The van der Waals surface area contributed by atoms with E-state index in [1.165, 1.54) is 0 Å². The molecule has 0 spiro atoms. The fourth-order valence-electron chi connectivity index (χ4n) is 3.78. The van der Waals surface area contributed by atoms with E-state index in [1.54, 1.807) is 17.1 Å². The molecule has 0 radical (unpaired) electrons. The third-order valence-corrected chi connectivity index (χ3v) is 5.59. The second-order valence-electron chi connectivity index (χ2n) is 7.47. The first-order valence-corrected chi connectivity index (χ1v) is 9.33. The van der Waals surface area contributed by atoms with Crippen LogP contribution in [-0.2, 0) is 11.8 Å². The quantitative estimate of drug-likeness (QED) is 0.757. The minimum atomic E-state index is -0.164. The van der Waals surface area contributed by atoms with E-state index in [1.807, 2.05) is 26.1 Å². The van der Waals surface area contributed by atoms with Crippen LogP contribution in [0.25, 0.3) is 11.0 Å². The normalized spacial score (nSPS) is 22.4. The smallest absolute Gasteiger partial charge is 0.267 e. The molecule has 3 aromatic heterocycles. The largest absolute Gasteiger partial charge is 0.377 e. The third kappa shape index (κ3) is 2.80. The first-order chi connectivity index (χ1) is 13.1. The van der Waals surface area contributed by atoms with Crippen molar-refractivity contribution in [3.8, 4) is 0 Å². The van der Waals surface area contributed by atoms with Crippen molar-refractivity contribution < 1.29 is 4.74 Å². The highest BCUT2D eigenvalue weighted by Gasteiger charge is 2.33. The lowest BCUT2D eigenvalue weighted by atomic mass is 10.1. The molecule has 2 atom stereocenters. The number of aryl methyl sites for hydroxylation is 2. The van der Waals surface area contributed by atoms with Gasteiger partial charge >= 0.3 is 0 Å². The fourth-order valence-corrected chi connectivity index (χ4v) is 3.78. The predicted molar refractivity (Wildman–Crippen MR) is 101 cm³/mol. The van der Waals surface area contributed by atoms with E-state index in [4.69, 9.17) is 4.74 Å². The van der Waals surface area contributed by atoms with Gasteiger partial charge in [0.05, 0.1) is 30.5 Å². The molecule has 1 aliphatic heterocycles. The highest BCUT2D eigenvalue weighted by atomic mass is 16.5. The number of rotatable bonds is 4. The van der Waals surface area contributed by atoms with Gasteiger partial charge in [-0.2, -0.15) is 5.10 Å². The first-order valence-electron chi connectivity index (χ1n) is 9.33. The van der Waals surface area contributed by atoms with Gasteiger partial charge in [0.15, 0.2) is 5.82 Å². The van der Waals surface area contributed by atoms with Crippen LogP contribution in [0.1, 0.15) is 36.2 Å². The van der Waals surface area contributed by atoms with E-state index in [9.17, 15) is 4.79 Å². The molecule has 2 unspecified atom stereocenters. The number of hydrogen-bond acceptors (Lipinski definition) is 6. The monoisotopic (exact) mass is 366 g/mol. The summed E-state index contributed by atoms with van der Waals surface area (Å²) in [5, 5.41) is 8.12. The zero-order valence-corrected chi connectivity index (χ0v) is 15.4. The van der Waals surface area contributed by atoms with Crippen LogP contribution < -0.4 is 10.9 Å². The second kappa shape index (κ2) is 6.16. The summed E-state index contributed by atoms with van der Waals surface area (Å²) in [5.41, 5.74) is 3.87. The van der Waals surface area contributed by atoms with Crippen molar-refractivity contribution >= 4 is 16.9 Å². The predicted octanol–water partition coefficient (Wildman–Crippen LogP) is 1.76. The maximum atomic E-state index is 12.5. The van der Waals surface area contributed by atoms with Crippen molar-refractivity contribution in [2.75, 3.05) is 18.5 Å². The van der Waals surface area contributed by atoms with Crippen LogP contribution in [0.5, 0.6) is 0 Å². The Hall–Kier alpha value is -2.74. The summed E-state index contributed by atoms with van der Waals surface area (Å²) in [6.07, 6.45) is 3.87. The Kier molecular flexibility index (Phi) is 3.75. The maximum absolute atomic E-state index is 12.5. The lowest BCUT2D eigenvalue weighted by Gasteiger charge is -2.21. The molecule has 1 saturated heterocycles. The summed E-state index contributed by atoms with van der Waals surface area (Å²) in [4.78, 5) is 21.3. The first kappa shape index (κ1) is 16.4. The summed E-state index contributed by atoms with van der Waals surface area (Å²) >= 11 is 0. The van der Waals surface area contributed by atoms with Crippen LogP contribution in [0.15, 0.2) is 29.3 Å². The van der Waals surface area contributed by atoms with Gasteiger partial charge in [-0.15, -0.1) is 0 Å². The van der Waals surface area contributed by atoms with Crippen molar-refractivity contribution in [1.29, 1.82) is 0 Å². The van der Waals surface area contributed by atoms with Crippen LogP contribution >= 0.6 is 0 Å². The Balaban J connectivity index is 1.49. The Morgan fingerprint density at radius 3 is 2.89 bits per heavy atom. The molecule has 0 bridgehead atoms. The molecule has 0 amide bonds. The van der Waals surface area contributed by atoms with E-state index in [0.29, 0.717) is 19.1 Å². The molecule has 2 aliphatic rings. The van der Waals surface area contributed by atoms with Crippen LogP contribution in [0, 0.1) is 6.92 Å². The van der Waals surface area contributed by atoms with Gasteiger partial charge < -0.3 is 14.6 Å². The van der Waals surface area contributed by atoms with Crippen molar-refractivity contribution in [3.05, 3.63) is 46.3 Å². The molecule has 2 fully saturated rings. The van der Waals surface area contributed by atoms with Crippen molar-refractivity contribution in [3.63, 3.8) is 0 Å². The molecule has 1 aliphatic carbocycles. The van der Waals surface area contributed by atoms with Crippen LogP contribution in [0.2, 0.25) is 0 Å². The van der Waals surface area contributed by atoms with E-state index < -0.39 is 0 Å². The van der Waals surface area contributed by atoms with Crippen LogP contribution in [0.3, 0.4) is 0 Å². The molecule has 8 nitrogen and oxygen atoms in total. The Morgan fingerprint density at radius 1 is 1.22 bits per heavy atom. The van der Waals surface area contributed by atoms with Gasteiger partial charge in [-0.1, -0.05) is 0 Å². The van der Waals surface area contributed by atoms with Gasteiger partial charge in [0, 0.05) is 24.7 Å². The average Bonchev–Trinajstić information content (AvgIpc) is 3.34. The van der Waals surface area contributed by atoms with Gasteiger partial charge in [0.1, 0.15) is 17.9 Å². The molecule has 3 aromatic rings. The maximum Gasteiger partial charge on any atom is 0.267 e. The van der Waals surface area contributed by atoms with Gasteiger partial charge in [-0.3, -0.25) is 4.79 Å². The van der Waals surface area contributed by atoms with Gasteiger partial charge in [-0.05, 0) is 31.9 Å². The fraction of sp³-hybridized carbons (Fsp3) is 0.474. The Morgan fingerprint density at radius 2 is 2.07 bits per heavy atom. The van der Waals surface area contributed by atoms with Crippen molar-refractivity contribution in [2.24, 2.45) is 7.05 Å². The van der Waals surface area contributed by atoms with Gasteiger partial charge in [0.25, 0.3) is 5.56 Å². The average molecular weight is 366 g/mol. The standard InChI is InChI=1S/C19H22N6O2/c1-11-7-14-18(24(11)2)19(21-10-20-14)22-15-8-27-9-16(15)25-17(26)6-5-13(23-25)12-3-4-12/h5-7,10,12,15-16H,3-4,8-9H2,1-2H3,(H,20,21,22). The molecule has 0 aromatic carbocycles. The van der Waals surface area contributed by atoms with Crippen LogP contribution in [-0.4, -0.2) is 43.6 Å². The summed E-state index contributed by atoms with van der Waals surface area (Å²) in [6, 6.07) is 5.27.